The van der Waals surface area contributed by atoms with Crippen LogP contribution in [-0.2, 0) is 32.0 Å². The van der Waals surface area contributed by atoms with Crippen molar-refractivity contribution >= 4 is 29.0 Å². The second-order valence-corrected chi connectivity index (χ2v) is 12.0. The first-order chi connectivity index (χ1) is 18.9. The number of phenols is 1. The molecule has 2 unspecified atom stereocenters. The van der Waals surface area contributed by atoms with E-state index in [1.807, 2.05) is 12.1 Å². The number of primary amides is 1. The molecule has 0 spiro atoms. The lowest BCUT2D eigenvalue weighted by Gasteiger charge is -2.52. The molecule has 1 aromatic heterocycles. The Morgan fingerprint density at radius 2 is 1.82 bits per heavy atom. The van der Waals surface area contributed by atoms with Gasteiger partial charge in [-0.3, -0.25) is 28.9 Å². The van der Waals surface area contributed by atoms with E-state index in [2.05, 4.69) is 0 Å². The molecule has 40 heavy (non-hydrogen) atoms. The Balaban J connectivity index is 1.41. The molecular formula is C30H32N2O8. The van der Waals surface area contributed by atoms with E-state index in [1.165, 1.54) is 23.8 Å². The van der Waals surface area contributed by atoms with Crippen molar-refractivity contribution in [2.45, 2.75) is 50.2 Å². The summed E-state index contributed by atoms with van der Waals surface area (Å²) in [5.41, 5.74) is 3.73. The van der Waals surface area contributed by atoms with Gasteiger partial charge < -0.3 is 20.4 Å². The highest BCUT2D eigenvalue weighted by Crippen LogP contribution is 2.51. The first-order valence-electron chi connectivity index (χ1n) is 13.7. The van der Waals surface area contributed by atoms with Gasteiger partial charge in [-0.25, -0.2) is 0 Å². The van der Waals surface area contributed by atoms with Gasteiger partial charge in [-0.2, -0.15) is 0 Å². The minimum atomic E-state index is -2.73. The predicted octanol–water partition coefficient (Wildman–Crippen LogP) is 1.47. The third-order valence-electron chi connectivity index (χ3n) is 9.37. The quantitative estimate of drug-likeness (QED) is 0.453. The largest absolute Gasteiger partial charge is 0.507 e. The number of carbonyl (C=O) groups excluding carboxylic acids is 5. The average molecular weight is 549 g/mol. The van der Waals surface area contributed by atoms with Crippen LogP contribution in [-0.4, -0.2) is 69.9 Å². The third-order valence-corrected chi connectivity index (χ3v) is 9.37. The van der Waals surface area contributed by atoms with Crippen LogP contribution in [0.15, 0.2) is 28.7 Å². The molecule has 6 atom stereocenters. The van der Waals surface area contributed by atoms with E-state index < -0.39 is 64.4 Å². The summed E-state index contributed by atoms with van der Waals surface area (Å²) in [6.45, 7) is 0. The molecule has 6 rings (SSSR count). The Hall–Kier alpha value is -3.63. The molecule has 1 heterocycles. The van der Waals surface area contributed by atoms with Gasteiger partial charge >= 0.3 is 0 Å². The number of fused-ring (bicyclic) bond motifs is 3. The summed E-state index contributed by atoms with van der Waals surface area (Å²) in [5, 5.41) is 22.4. The molecule has 1 amide bonds. The van der Waals surface area contributed by atoms with Crippen molar-refractivity contribution in [2.24, 2.45) is 35.3 Å². The molecule has 4 N–H and O–H groups in total. The Bertz CT molecular complexity index is 1470. The van der Waals surface area contributed by atoms with Crippen LogP contribution in [0.25, 0.3) is 11.3 Å². The van der Waals surface area contributed by atoms with E-state index in [9.17, 15) is 34.2 Å². The van der Waals surface area contributed by atoms with E-state index in [0.717, 1.165) is 24.5 Å². The normalized spacial score (nSPS) is 31.6. The number of nitrogens with zero attached hydrogens (tertiary/aromatic N) is 1. The van der Waals surface area contributed by atoms with Crippen molar-refractivity contribution in [3.05, 3.63) is 41.2 Å². The average Bonchev–Trinajstić information content (AvgIpc) is 3.60. The highest BCUT2D eigenvalue weighted by atomic mass is 16.3. The fraction of sp³-hybridized carbons (Fsp3) is 0.500. The van der Waals surface area contributed by atoms with E-state index in [4.69, 9.17) is 10.2 Å². The molecule has 0 radical (unpaired) electrons. The van der Waals surface area contributed by atoms with Crippen LogP contribution in [0.4, 0.5) is 0 Å². The molecule has 0 saturated heterocycles. The predicted molar refractivity (Wildman–Crippen MR) is 140 cm³/mol. The second kappa shape index (κ2) is 9.21. The molecule has 10 nitrogen and oxygen atoms in total. The topological polar surface area (TPSA) is 168 Å². The molecule has 4 aliphatic carbocycles. The molecule has 210 valence electrons. The Labute approximate surface area is 230 Å². The van der Waals surface area contributed by atoms with Gasteiger partial charge in [-0.05, 0) is 75.0 Å². The van der Waals surface area contributed by atoms with E-state index in [-0.39, 0.29) is 24.2 Å². The summed E-state index contributed by atoms with van der Waals surface area (Å²) in [5.74, 6) is -8.45. The Morgan fingerprint density at radius 1 is 1.10 bits per heavy atom. The number of benzene rings is 1. The van der Waals surface area contributed by atoms with Crippen LogP contribution in [0.5, 0.6) is 5.75 Å². The van der Waals surface area contributed by atoms with Gasteiger partial charge in [0.1, 0.15) is 17.3 Å². The van der Waals surface area contributed by atoms with Gasteiger partial charge in [0.15, 0.2) is 34.7 Å². The third kappa shape index (κ3) is 3.80. The minimum Gasteiger partial charge on any atom is -0.507 e. The molecular weight excluding hydrogens is 516 g/mol. The van der Waals surface area contributed by atoms with Gasteiger partial charge in [-0.15, -0.1) is 0 Å². The summed E-state index contributed by atoms with van der Waals surface area (Å²) < 4.78 is 6.12. The summed E-state index contributed by atoms with van der Waals surface area (Å²) in [6.07, 6.45) is 4.54. The number of ketones is 4. The van der Waals surface area contributed by atoms with Crippen molar-refractivity contribution in [1.82, 2.24) is 4.90 Å². The SMILES string of the molecule is CN(C)[C@H]1C(=O)C(C(N)=O)C(=O)[C@]2(O)C(=O)C3C(=O)c4c(O)ccc(-c5ccc(CCC6CC6)o5)c4C[C@@H]3C[C@H]12. The Morgan fingerprint density at radius 3 is 2.48 bits per heavy atom. The maximum absolute atomic E-state index is 13.9. The number of aromatic hydroxyl groups is 1. The van der Waals surface area contributed by atoms with Crippen LogP contribution in [0, 0.1) is 29.6 Å². The molecule has 10 heteroatoms. The number of nitrogens with two attached hydrogens (primary N) is 1. The lowest BCUT2D eigenvalue weighted by Crippen LogP contribution is -2.74. The monoisotopic (exact) mass is 548 g/mol. The maximum atomic E-state index is 13.9. The highest BCUT2D eigenvalue weighted by molar-refractivity contribution is 6.32. The van der Waals surface area contributed by atoms with Gasteiger partial charge in [0, 0.05) is 17.9 Å². The number of aryl methyl sites for hydroxylation is 1. The zero-order valence-corrected chi connectivity index (χ0v) is 22.4. The zero-order chi connectivity index (χ0) is 28.7. The standard InChI is InChI=1S/C30H32N2O8/c1-32(2)24-18-12-14-11-17-16(20-10-7-15(40-20)6-5-13-3-4-13)8-9-19(33)22(17)25(34)21(14)27(36)30(18,39)28(37)23(26(24)35)29(31)38/h7-10,13-14,18,21,23-24,33,39H,3-6,11-12H2,1-2H3,(H2,31,38)/t14-,18-,21?,23?,24-,30-/m1/s1. The Kier molecular flexibility index (Phi) is 6.12. The van der Waals surface area contributed by atoms with Crippen molar-refractivity contribution < 1.29 is 38.6 Å². The minimum absolute atomic E-state index is 0.00375. The van der Waals surface area contributed by atoms with E-state index >= 15 is 0 Å². The lowest BCUT2D eigenvalue weighted by molar-refractivity contribution is -0.181. The van der Waals surface area contributed by atoms with Crippen LogP contribution in [0.1, 0.15) is 47.4 Å². The van der Waals surface area contributed by atoms with Gasteiger partial charge in [0.25, 0.3) is 0 Å². The van der Waals surface area contributed by atoms with Crippen LogP contribution in [0.2, 0.25) is 0 Å². The van der Waals surface area contributed by atoms with Gasteiger partial charge in [0.2, 0.25) is 5.91 Å². The molecule has 3 saturated carbocycles. The van der Waals surface area contributed by atoms with Gasteiger partial charge in [-0.1, -0.05) is 12.8 Å². The molecule has 4 aliphatic rings. The van der Waals surface area contributed by atoms with E-state index in [0.29, 0.717) is 16.9 Å². The number of rotatable bonds is 6. The number of Topliss-reactive ketones (excluding diaryl/α,β-unsaturated/α-hetero) is 4. The second-order valence-electron chi connectivity index (χ2n) is 12.0. The zero-order valence-electron chi connectivity index (χ0n) is 22.4. The summed E-state index contributed by atoms with van der Waals surface area (Å²) in [6, 6.07) is 5.66. The number of phenolic OH excluding ortho intramolecular Hbond substituents is 1. The van der Waals surface area contributed by atoms with Gasteiger partial charge in [0.05, 0.1) is 17.5 Å². The van der Waals surface area contributed by atoms with Crippen LogP contribution < -0.4 is 5.73 Å². The number of hydrogen-bond acceptors (Lipinski definition) is 9. The molecule has 2 aromatic rings. The van der Waals surface area contributed by atoms with Crippen molar-refractivity contribution in [2.75, 3.05) is 14.1 Å². The van der Waals surface area contributed by atoms with Crippen LogP contribution in [0.3, 0.4) is 0 Å². The number of amides is 1. The molecule has 3 fully saturated rings. The number of aliphatic hydroxyl groups is 1. The van der Waals surface area contributed by atoms with Crippen molar-refractivity contribution in [3.8, 4) is 17.1 Å². The number of carbonyl (C=O) groups is 5. The molecule has 0 aliphatic heterocycles. The summed E-state index contributed by atoms with van der Waals surface area (Å²) >= 11 is 0. The maximum Gasteiger partial charge on any atom is 0.235 e. The number of hydrogen-bond donors (Lipinski definition) is 3. The van der Waals surface area contributed by atoms with Crippen LogP contribution >= 0.6 is 0 Å². The molecule has 1 aromatic carbocycles. The summed E-state index contributed by atoms with van der Waals surface area (Å²) in [7, 11) is 3.12. The first kappa shape index (κ1) is 26.6. The fourth-order valence-electron chi connectivity index (χ4n) is 7.25. The van der Waals surface area contributed by atoms with Crippen molar-refractivity contribution in [1.29, 1.82) is 0 Å². The first-order valence-corrected chi connectivity index (χ1v) is 13.7. The fourth-order valence-corrected chi connectivity index (χ4v) is 7.25. The molecule has 0 bridgehead atoms. The smallest absolute Gasteiger partial charge is 0.235 e. The highest BCUT2D eigenvalue weighted by Gasteiger charge is 2.69. The summed E-state index contributed by atoms with van der Waals surface area (Å²) in [4.78, 5) is 68.0. The van der Waals surface area contributed by atoms with Crippen molar-refractivity contribution in [3.63, 3.8) is 0 Å². The number of likely N-dealkylation sites (N-methyl/N-ethyl adjacent to an activating group) is 1. The number of furan rings is 1. The lowest BCUT2D eigenvalue weighted by atomic mass is 9.52. The van der Waals surface area contributed by atoms with E-state index in [1.54, 1.807) is 20.2 Å².